The van der Waals surface area contributed by atoms with E-state index in [1.54, 1.807) is 18.3 Å². The molecule has 0 amide bonds. The fraction of sp³-hybridized carbons (Fsp3) is 0.143. The number of carbonyl (C=O) groups excluding carboxylic acids is 1. The summed E-state index contributed by atoms with van der Waals surface area (Å²) in [6.07, 6.45) is 1.62. The Morgan fingerprint density at radius 1 is 1.22 bits per heavy atom. The Balaban J connectivity index is 2.44. The number of carbonyl (C=O) groups is 1. The lowest BCUT2D eigenvalue weighted by Crippen LogP contribution is -1.97. The summed E-state index contributed by atoms with van der Waals surface area (Å²) in [5.74, 6) is -0.295. The van der Waals surface area contributed by atoms with Crippen LogP contribution in [-0.4, -0.2) is 17.9 Å². The van der Waals surface area contributed by atoms with Gasteiger partial charge < -0.3 is 4.74 Å². The quantitative estimate of drug-likeness (QED) is 0.780. The number of aromatic nitrogens is 1. The second kappa shape index (κ2) is 4.96. The van der Waals surface area contributed by atoms with Gasteiger partial charge in [-0.15, -0.1) is 0 Å². The van der Waals surface area contributed by atoms with Gasteiger partial charge >= 0.3 is 0 Å². The minimum atomic E-state index is -0.507. The zero-order chi connectivity index (χ0) is 13.1. The molecule has 1 aromatic heterocycles. The number of hydrogen-bond donors (Lipinski definition) is 0. The number of Topliss-reactive ketones (excluding diaryl/α,β-unsaturated/α-hetero) is 1. The van der Waals surface area contributed by atoms with Crippen LogP contribution < -0.4 is 4.74 Å². The third-order valence-electron chi connectivity index (χ3n) is 2.62. The first-order valence-corrected chi connectivity index (χ1v) is 5.42. The molecule has 0 aliphatic heterocycles. The van der Waals surface area contributed by atoms with E-state index in [0.29, 0.717) is 5.88 Å². The van der Waals surface area contributed by atoms with E-state index in [4.69, 9.17) is 4.74 Å². The Morgan fingerprint density at radius 3 is 2.50 bits per heavy atom. The summed E-state index contributed by atoms with van der Waals surface area (Å²) in [4.78, 5) is 15.3. The van der Waals surface area contributed by atoms with Crippen molar-refractivity contribution < 1.29 is 13.9 Å². The average Bonchev–Trinajstić information content (AvgIpc) is 2.39. The molecule has 1 heterocycles. The maximum atomic E-state index is 13.4. The van der Waals surface area contributed by atoms with E-state index in [1.807, 2.05) is 6.07 Å². The number of benzene rings is 1. The van der Waals surface area contributed by atoms with E-state index in [-0.39, 0.29) is 11.3 Å². The molecule has 0 unspecified atom stereocenters. The third-order valence-corrected chi connectivity index (χ3v) is 2.62. The Bertz CT molecular complexity index is 579. The first-order chi connectivity index (χ1) is 8.61. The highest BCUT2D eigenvalue weighted by atomic mass is 19.1. The fourth-order valence-electron chi connectivity index (χ4n) is 1.65. The second-order valence-corrected chi connectivity index (χ2v) is 3.84. The third kappa shape index (κ3) is 2.37. The van der Waals surface area contributed by atoms with Crippen molar-refractivity contribution in [2.24, 2.45) is 0 Å². The van der Waals surface area contributed by atoms with Crippen molar-refractivity contribution in [1.29, 1.82) is 0 Å². The molecule has 1 aromatic carbocycles. The molecule has 2 rings (SSSR count). The van der Waals surface area contributed by atoms with Crippen molar-refractivity contribution in [3.05, 3.63) is 47.9 Å². The van der Waals surface area contributed by atoms with Crippen LogP contribution in [0, 0.1) is 5.82 Å². The number of nitrogens with zero attached hydrogens (tertiary/aromatic N) is 1. The van der Waals surface area contributed by atoms with Crippen LogP contribution in [0.2, 0.25) is 0 Å². The summed E-state index contributed by atoms with van der Waals surface area (Å²) in [6.45, 7) is 1.34. The maximum absolute atomic E-state index is 13.4. The predicted octanol–water partition coefficient (Wildman–Crippen LogP) is 3.10. The normalized spacial score (nSPS) is 10.2. The van der Waals surface area contributed by atoms with Gasteiger partial charge in [0.1, 0.15) is 5.82 Å². The van der Waals surface area contributed by atoms with Gasteiger partial charge in [-0.3, -0.25) is 4.79 Å². The molecular weight excluding hydrogens is 233 g/mol. The largest absolute Gasteiger partial charge is 0.481 e. The predicted molar refractivity (Wildman–Crippen MR) is 66.2 cm³/mol. The highest BCUT2D eigenvalue weighted by Crippen LogP contribution is 2.23. The number of rotatable bonds is 3. The topological polar surface area (TPSA) is 39.2 Å². The lowest BCUT2D eigenvalue weighted by molar-refractivity contribution is 0.101. The van der Waals surface area contributed by atoms with Gasteiger partial charge in [0.2, 0.25) is 5.88 Å². The summed E-state index contributed by atoms with van der Waals surface area (Å²) in [5, 5.41) is 0. The van der Waals surface area contributed by atoms with Crippen LogP contribution in [0.5, 0.6) is 5.88 Å². The van der Waals surface area contributed by atoms with Gasteiger partial charge in [-0.05, 0) is 30.7 Å². The molecule has 0 fully saturated rings. The van der Waals surface area contributed by atoms with Crippen molar-refractivity contribution in [2.75, 3.05) is 7.11 Å². The minimum absolute atomic E-state index is 0.0864. The molecule has 3 nitrogen and oxygen atoms in total. The first-order valence-electron chi connectivity index (χ1n) is 5.42. The van der Waals surface area contributed by atoms with Gasteiger partial charge in [0, 0.05) is 17.8 Å². The maximum Gasteiger partial charge on any atom is 0.212 e. The number of methoxy groups -OCH3 is 1. The molecule has 2 aromatic rings. The number of ketones is 1. The van der Waals surface area contributed by atoms with Crippen LogP contribution in [0.3, 0.4) is 0 Å². The zero-order valence-corrected chi connectivity index (χ0v) is 10.1. The molecule has 0 atom stereocenters. The van der Waals surface area contributed by atoms with E-state index in [1.165, 1.54) is 26.2 Å². The monoisotopic (exact) mass is 245 g/mol. The van der Waals surface area contributed by atoms with Gasteiger partial charge in [0.15, 0.2) is 5.78 Å². The van der Waals surface area contributed by atoms with Crippen LogP contribution in [0.1, 0.15) is 17.3 Å². The van der Waals surface area contributed by atoms with Gasteiger partial charge in [-0.25, -0.2) is 9.37 Å². The molecule has 4 heteroatoms. The second-order valence-electron chi connectivity index (χ2n) is 3.84. The smallest absolute Gasteiger partial charge is 0.212 e. The number of hydrogen-bond acceptors (Lipinski definition) is 3. The number of ether oxygens (including phenoxy) is 1. The molecule has 0 saturated carbocycles. The van der Waals surface area contributed by atoms with Crippen molar-refractivity contribution in [1.82, 2.24) is 4.98 Å². The first kappa shape index (κ1) is 12.2. The molecule has 0 aliphatic carbocycles. The van der Waals surface area contributed by atoms with Crippen LogP contribution in [0.4, 0.5) is 4.39 Å². The van der Waals surface area contributed by atoms with Crippen molar-refractivity contribution in [2.45, 2.75) is 6.92 Å². The Hall–Kier alpha value is -2.23. The van der Waals surface area contributed by atoms with E-state index >= 15 is 0 Å². The van der Waals surface area contributed by atoms with Gasteiger partial charge in [-0.1, -0.05) is 6.07 Å². The van der Waals surface area contributed by atoms with E-state index in [2.05, 4.69) is 4.98 Å². The molecule has 0 radical (unpaired) electrons. The lowest BCUT2D eigenvalue weighted by Gasteiger charge is -2.05. The molecule has 0 bridgehead atoms. The molecule has 92 valence electrons. The zero-order valence-electron chi connectivity index (χ0n) is 10.1. The van der Waals surface area contributed by atoms with Crippen LogP contribution in [0.25, 0.3) is 11.1 Å². The summed E-state index contributed by atoms with van der Waals surface area (Å²) in [7, 11) is 1.54. The standard InChI is InChI=1S/C14H12FNO2/c1-9(17)12-7-10(3-5-13(12)15)11-4-6-14(18-2)16-8-11/h3-8H,1-2H3. The molecule has 0 aliphatic rings. The lowest BCUT2D eigenvalue weighted by atomic mass is 10.0. The van der Waals surface area contributed by atoms with E-state index in [9.17, 15) is 9.18 Å². The van der Waals surface area contributed by atoms with Crippen molar-refractivity contribution in [3.63, 3.8) is 0 Å². The fourth-order valence-corrected chi connectivity index (χ4v) is 1.65. The molecule has 0 N–H and O–H groups in total. The van der Waals surface area contributed by atoms with E-state index in [0.717, 1.165) is 11.1 Å². The molecule has 18 heavy (non-hydrogen) atoms. The SMILES string of the molecule is COc1ccc(-c2ccc(F)c(C(C)=O)c2)cn1. The van der Waals surface area contributed by atoms with Crippen LogP contribution in [-0.2, 0) is 0 Å². The molecular formula is C14H12FNO2. The Labute approximate surface area is 104 Å². The van der Waals surface area contributed by atoms with Crippen LogP contribution in [0.15, 0.2) is 36.5 Å². The summed E-state index contributed by atoms with van der Waals surface area (Å²) < 4.78 is 18.4. The Kier molecular flexibility index (Phi) is 3.37. The minimum Gasteiger partial charge on any atom is -0.481 e. The van der Waals surface area contributed by atoms with Crippen molar-refractivity contribution in [3.8, 4) is 17.0 Å². The highest BCUT2D eigenvalue weighted by Gasteiger charge is 2.09. The van der Waals surface area contributed by atoms with Gasteiger partial charge in [0.25, 0.3) is 0 Å². The van der Waals surface area contributed by atoms with Crippen LogP contribution >= 0.6 is 0 Å². The molecule has 0 saturated heterocycles. The van der Waals surface area contributed by atoms with Crippen molar-refractivity contribution >= 4 is 5.78 Å². The number of halogens is 1. The van der Waals surface area contributed by atoms with Gasteiger partial charge in [-0.2, -0.15) is 0 Å². The molecule has 0 spiro atoms. The summed E-state index contributed by atoms with van der Waals surface area (Å²) in [6, 6.07) is 7.96. The summed E-state index contributed by atoms with van der Waals surface area (Å²) >= 11 is 0. The number of pyridine rings is 1. The average molecular weight is 245 g/mol. The highest BCUT2D eigenvalue weighted by molar-refractivity contribution is 5.95. The Morgan fingerprint density at radius 2 is 1.94 bits per heavy atom. The van der Waals surface area contributed by atoms with Gasteiger partial charge in [0.05, 0.1) is 12.7 Å². The summed E-state index contributed by atoms with van der Waals surface area (Å²) in [5.41, 5.74) is 1.64. The van der Waals surface area contributed by atoms with E-state index < -0.39 is 5.82 Å².